The van der Waals surface area contributed by atoms with Crippen molar-refractivity contribution in [2.45, 2.75) is 13.0 Å². The summed E-state index contributed by atoms with van der Waals surface area (Å²) in [5.41, 5.74) is 0.742. The molecule has 58 valence electrons. The van der Waals surface area contributed by atoms with Crippen molar-refractivity contribution < 1.29 is 0 Å². The Balaban J connectivity index is 2.63. The lowest BCUT2D eigenvalue weighted by Crippen LogP contribution is -1.98. The molecule has 1 rings (SSSR count). The van der Waals surface area contributed by atoms with Crippen LogP contribution in [0.4, 0.5) is 0 Å². The molecule has 1 aromatic heterocycles. The molecule has 0 unspecified atom stereocenters. The van der Waals surface area contributed by atoms with Crippen LogP contribution in [0.2, 0.25) is 0 Å². The van der Waals surface area contributed by atoms with Crippen LogP contribution in [0.1, 0.15) is 12.1 Å². The van der Waals surface area contributed by atoms with Gasteiger partial charge in [0.25, 0.3) is 0 Å². The van der Waals surface area contributed by atoms with E-state index in [-0.39, 0.29) is 0 Å². The third kappa shape index (κ3) is 2.09. The first-order valence-electron chi connectivity index (χ1n) is 3.49. The van der Waals surface area contributed by atoms with E-state index in [1.165, 1.54) is 0 Å². The van der Waals surface area contributed by atoms with Gasteiger partial charge in [0.1, 0.15) is 11.8 Å². The van der Waals surface area contributed by atoms with Gasteiger partial charge in [0.2, 0.25) is 0 Å². The fourth-order valence-electron chi connectivity index (χ4n) is 0.941. The predicted molar refractivity (Wildman–Crippen MR) is 47.6 cm³/mol. The fraction of sp³-hybridized carbons (Fsp3) is 0.375. The summed E-state index contributed by atoms with van der Waals surface area (Å²) in [6.45, 7) is 0.918. The normalized spacial score (nSPS) is 9.45. The minimum atomic E-state index is 0.742. The summed E-state index contributed by atoms with van der Waals surface area (Å²) in [5.74, 6) is 0. The number of hydrogen-bond acceptors (Lipinski definition) is 1. The Morgan fingerprint density at radius 3 is 3.09 bits per heavy atom. The predicted octanol–water partition coefficient (Wildman–Crippen LogP) is 2.14. The zero-order valence-electron chi connectivity index (χ0n) is 6.13. The van der Waals surface area contributed by atoms with Gasteiger partial charge in [-0.1, -0.05) is 15.9 Å². The minimum absolute atomic E-state index is 0.742. The number of aromatic nitrogens is 1. The number of halogens is 1. The van der Waals surface area contributed by atoms with Crippen molar-refractivity contribution >= 4 is 15.9 Å². The summed E-state index contributed by atoms with van der Waals surface area (Å²) < 4.78 is 1.96. The number of nitrogens with zero attached hydrogens (tertiary/aromatic N) is 2. The van der Waals surface area contributed by atoms with E-state index in [0.717, 1.165) is 24.0 Å². The second-order valence-corrected chi connectivity index (χ2v) is 3.03. The van der Waals surface area contributed by atoms with E-state index < -0.39 is 0 Å². The molecule has 0 fully saturated rings. The molecule has 0 bridgehead atoms. The van der Waals surface area contributed by atoms with Crippen LogP contribution < -0.4 is 0 Å². The Morgan fingerprint density at radius 2 is 2.45 bits per heavy atom. The molecule has 0 atom stereocenters. The van der Waals surface area contributed by atoms with Crippen LogP contribution in [-0.4, -0.2) is 9.90 Å². The number of nitriles is 1. The van der Waals surface area contributed by atoms with Crippen molar-refractivity contribution in [2.24, 2.45) is 0 Å². The van der Waals surface area contributed by atoms with E-state index in [1.807, 2.05) is 22.9 Å². The smallest absolute Gasteiger partial charge is 0.120 e. The highest BCUT2D eigenvalue weighted by atomic mass is 79.9. The molecule has 0 saturated heterocycles. The molecule has 1 heterocycles. The van der Waals surface area contributed by atoms with Gasteiger partial charge >= 0.3 is 0 Å². The number of aryl methyl sites for hydroxylation is 1. The molecule has 0 spiro atoms. The van der Waals surface area contributed by atoms with Crippen molar-refractivity contribution in [1.82, 2.24) is 4.57 Å². The van der Waals surface area contributed by atoms with Crippen LogP contribution in [0.5, 0.6) is 0 Å². The first-order chi connectivity index (χ1) is 5.38. The van der Waals surface area contributed by atoms with Gasteiger partial charge < -0.3 is 4.57 Å². The SMILES string of the molecule is N#Cc1cccn1CCCBr. The molecule has 0 aliphatic heterocycles. The van der Waals surface area contributed by atoms with Crippen LogP contribution in [0.3, 0.4) is 0 Å². The molecule has 11 heavy (non-hydrogen) atoms. The van der Waals surface area contributed by atoms with Crippen molar-refractivity contribution in [1.29, 1.82) is 5.26 Å². The summed E-state index contributed by atoms with van der Waals surface area (Å²) in [6.07, 6.45) is 2.99. The average Bonchev–Trinajstić information content (AvgIpc) is 2.47. The van der Waals surface area contributed by atoms with Crippen molar-refractivity contribution in [3.8, 4) is 6.07 Å². The largest absolute Gasteiger partial charge is 0.339 e. The van der Waals surface area contributed by atoms with Gasteiger partial charge in [-0.3, -0.25) is 0 Å². The van der Waals surface area contributed by atoms with Gasteiger partial charge in [-0.05, 0) is 18.6 Å². The zero-order chi connectivity index (χ0) is 8.10. The minimum Gasteiger partial charge on any atom is -0.339 e. The molecular weight excluding hydrogens is 204 g/mol. The van der Waals surface area contributed by atoms with Crippen LogP contribution in [-0.2, 0) is 6.54 Å². The van der Waals surface area contributed by atoms with Crippen molar-refractivity contribution in [2.75, 3.05) is 5.33 Å². The van der Waals surface area contributed by atoms with E-state index in [1.54, 1.807) is 0 Å². The molecule has 0 radical (unpaired) electrons. The molecule has 0 aliphatic rings. The monoisotopic (exact) mass is 212 g/mol. The van der Waals surface area contributed by atoms with Crippen molar-refractivity contribution in [3.05, 3.63) is 24.0 Å². The van der Waals surface area contributed by atoms with E-state index in [0.29, 0.717) is 0 Å². The van der Waals surface area contributed by atoms with E-state index >= 15 is 0 Å². The summed E-state index contributed by atoms with van der Waals surface area (Å²) >= 11 is 3.35. The Labute approximate surface area is 74.6 Å². The van der Waals surface area contributed by atoms with Crippen LogP contribution in [0, 0.1) is 11.3 Å². The summed E-state index contributed by atoms with van der Waals surface area (Å²) in [5, 5.41) is 9.61. The fourth-order valence-corrected chi connectivity index (χ4v) is 1.19. The van der Waals surface area contributed by atoms with Gasteiger partial charge in [-0.15, -0.1) is 0 Å². The standard InChI is InChI=1S/C8H9BrN2/c9-4-2-6-11-5-1-3-8(11)7-10/h1,3,5H,2,4,6H2. The lowest BCUT2D eigenvalue weighted by atomic mass is 10.4. The van der Waals surface area contributed by atoms with Gasteiger partial charge in [0.15, 0.2) is 0 Å². The Morgan fingerprint density at radius 1 is 1.64 bits per heavy atom. The molecular formula is C8H9BrN2. The lowest BCUT2D eigenvalue weighted by molar-refractivity contribution is 0.683. The maximum atomic E-state index is 8.62. The number of alkyl halides is 1. The Hall–Kier alpha value is -0.750. The lowest BCUT2D eigenvalue weighted by Gasteiger charge is -2.00. The third-order valence-corrected chi connectivity index (χ3v) is 2.04. The van der Waals surface area contributed by atoms with E-state index in [2.05, 4.69) is 22.0 Å². The summed E-state index contributed by atoms with van der Waals surface area (Å²) in [6, 6.07) is 5.86. The number of rotatable bonds is 3. The summed E-state index contributed by atoms with van der Waals surface area (Å²) in [4.78, 5) is 0. The maximum absolute atomic E-state index is 8.62. The molecule has 3 heteroatoms. The maximum Gasteiger partial charge on any atom is 0.120 e. The van der Waals surface area contributed by atoms with Crippen LogP contribution >= 0.6 is 15.9 Å². The molecule has 0 amide bonds. The van der Waals surface area contributed by atoms with E-state index in [9.17, 15) is 0 Å². The molecule has 0 aliphatic carbocycles. The van der Waals surface area contributed by atoms with Gasteiger partial charge in [-0.2, -0.15) is 5.26 Å². The Kier molecular flexibility index (Phi) is 3.18. The zero-order valence-corrected chi connectivity index (χ0v) is 7.71. The highest BCUT2D eigenvalue weighted by molar-refractivity contribution is 9.09. The highest BCUT2D eigenvalue weighted by Gasteiger charge is 1.96. The second-order valence-electron chi connectivity index (χ2n) is 2.24. The Bertz CT molecular complexity index is 259. The topological polar surface area (TPSA) is 28.7 Å². The third-order valence-electron chi connectivity index (χ3n) is 1.48. The summed E-state index contributed by atoms with van der Waals surface area (Å²) in [7, 11) is 0. The van der Waals surface area contributed by atoms with E-state index in [4.69, 9.17) is 5.26 Å². The molecule has 1 aromatic rings. The first-order valence-corrected chi connectivity index (χ1v) is 4.62. The van der Waals surface area contributed by atoms with Gasteiger partial charge in [0, 0.05) is 18.1 Å². The molecule has 0 aromatic carbocycles. The molecule has 0 N–H and O–H groups in total. The highest BCUT2D eigenvalue weighted by Crippen LogP contribution is 2.02. The first kappa shape index (κ1) is 8.35. The quantitative estimate of drug-likeness (QED) is 0.707. The van der Waals surface area contributed by atoms with Crippen LogP contribution in [0.25, 0.3) is 0 Å². The van der Waals surface area contributed by atoms with Crippen molar-refractivity contribution in [3.63, 3.8) is 0 Å². The molecule has 2 nitrogen and oxygen atoms in total. The molecule has 0 saturated carbocycles. The second kappa shape index (κ2) is 4.20. The van der Waals surface area contributed by atoms with Gasteiger partial charge in [0.05, 0.1) is 0 Å². The average molecular weight is 213 g/mol. The van der Waals surface area contributed by atoms with Gasteiger partial charge in [-0.25, -0.2) is 0 Å². The van der Waals surface area contributed by atoms with Crippen LogP contribution in [0.15, 0.2) is 18.3 Å². The number of hydrogen-bond donors (Lipinski definition) is 0.